The first-order valence-corrected chi connectivity index (χ1v) is 11.2. The van der Waals surface area contributed by atoms with Crippen molar-refractivity contribution in [1.29, 1.82) is 0 Å². The van der Waals surface area contributed by atoms with E-state index in [2.05, 4.69) is 20.3 Å². The highest BCUT2D eigenvalue weighted by Crippen LogP contribution is 2.31. The molecule has 5 rings (SSSR count). The lowest BCUT2D eigenvalue weighted by Crippen LogP contribution is -2.01. The molecule has 2 heterocycles. The van der Waals surface area contributed by atoms with E-state index in [1.165, 1.54) is 0 Å². The Kier molecular flexibility index (Phi) is 5.67. The highest BCUT2D eigenvalue weighted by Gasteiger charge is 2.10. The highest BCUT2D eigenvalue weighted by molar-refractivity contribution is 5.92. The number of carbonyl (C=O) groups is 1. The van der Waals surface area contributed by atoms with Gasteiger partial charge in [0.05, 0.1) is 22.9 Å². The van der Waals surface area contributed by atoms with E-state index in [0.29, 0.717) is 18.7 Å². The molecule has 0 fully saturated rings. The molecule has 0 aliphatic carbocycles. The van der Waals surface area contributed by atoms with Crippen LogP contribution in [0.5, 0.6) is 11.5 Å². The van der Waals surface area contributed by atoms with Crippen LogP contribution in [0.2, 0.25) is 0 Å². The quantitative estimate of drug-likeness (QED) is 0.333. The molecule has 2 aromatic heterocycles. The third kappa shape index (κ3) is 4.32. The van der Waals surface area contributed by atoms with Gasteiger partial charge < -0.3 is 14.6 Å². The molecule has 0 spiro atoms. The molecule has 0 amide bonds. The van der Waals surface area contributed by atoms with Crippen molar-refractivity contribution >= 4 is 39.2 Å². The molecule has 34 heavy (non-hydrogen) atoms. The molecule has 0 radical (unpaired) electrons. The van der Waals surface area contributed by atoms with Crippen molar-refractivity contribution in [3.63, 3.8) is 0 Å². The summed E-state index contributed by atoms with van der Waals surface area (Å²) in [6, 6.07) is 17.7. The minimum absolute atomic E-state index is 0.208. The summed E-state index contributed by atoms with van der Waals surface area (Å²) in [6.07, 6.45) is 4.27. The number of nitrogens with zero attached hydrogens (tertiary/aromatic N) is 4. The van der Waals surface area contributed by atoms with Crippen molar-refractivity contribution in [1.82, 2.24) is 19.5 Å². The molecule has 0 bridgehead atoms. The highest BCUT2D eigenvalue weighted by atomic mass is 16.5. The molecule has 0 aliphatic rings. The van der Waals surface area contributed by atoms with E-state index in [1.807, 2.05) is 80.1 Å². The number of anilines is 2. The smallest absolute Gasteiger partial charge is 0.141 e. The minimum atomic E-state index is 0.208. The zero-order chi connectivity index (χ0) is 23.7. The van der Waals surface area contributed by atoms with E-state index < -0.39 is 0 Å². The van der Waals surface area contributed by atoms with Gasteiger partial charge in [-0.2, -0.15) is 0 Å². The van der Waals surface area contributed by atoms with Crippen molar-refractivity contribution < 1.29 is 9.53 Å². The molecule has 1 N–H and O–H groups in total. The zero-order valence-corrected chi connectivity index (χ0v) is 19.4. The molecule has 5 aromatic rings. The number of aryl methyl sites for hydroxylation is 2. The first-order valence-electron chi connectivity index (χ1n) is 11.2. The Bertz CT molecular complexity index is 1520. The maximum Gasteiger partial charge on any atom is 0.141 e. The van der Waals surface area contributed by atoms with Gasteiger partial charge in [0, 0.05) is 37.0 Å². The Balaban J connectivity index is 1.39. The Morgan fingerprint density at radius 2 is 1.88 bits per heavy atom. The fourth-order valence-corrected chi connectivity index (χ4v) is 3.95. The van der Waals surface area contributed by atoms with Crippen LogP contribution in [0.4, 0.5) is 11.5 Å². The maximum atomic E-state index is 11.9. The largest absolute Gasteiger partial charge is 0.457 e. The molecule has 7 nitrogen and oxygen atoms in total. The SMILES string of the molecule is CCC(=O)Cc1ccc2ncnc(Nc3ccc(Oc4ccc5c(c4)ncn5C)c(C)c3)c2c1. The zero-order valence-electron chi connectivity index (χ0n) is 19.4. The van der Waals surface area contributed by atoms with Crippen molar-refractivity contribution in [3.05, 3.63) is 78.4 Å². The van der Waals surface area contributed by atoms with Gasteiger partial charge in [-0.15, -0.1) is 0 Å². The van der Waals surface area contributed by atoms with E-state index >= 15 is 0 Å². The van der Waals surface area contributed by atoms with Crippen molar-refractivity contribution in [3.8, 4) is 11.5 Å². The Morgan fingerprint density at radius 3 is 2.71 bits per heavy atom. The number of hydrogen-bond donors (Lipinski definition) is 1. The number of ketones is 1. The van der Waals surface area contributed by atoms with E-state index in [1.54, 1.807) is 12.7 Å². The molecule has 0 saturated heterocycles. The molecule has 0 atom stereocenters. The Hall–Kier alpha value is -4.26. The number of rotatable bonds is 7. The van der Waals surface area contributed by atoms with Gasteiger partial charge in [-0.05, 0) is 60.5 Å². The van der Waals surface area contributed by atoms with E-state index in [-0.39, 0.29) is 5.78 Å². The monoisotopic (exact) mass is 451 g/mol. The van der Waals surface area contributed by atoms with Crippen LogP contribution in [0.25, 0.3) is 21.9 Å². The van der Waals surface area contributed by atoms with Crippen LogP contribution in [-0.2, 0) is 18.3 Å². The third-order valence-electron chi connectivity index (χ3n) is 5.86. The van der Waals surface area contributed by atoms with Gasteiger partial charge >= 0.3 is 0 Å². The molecule has 170 valence electrons. The lowest BCUT2D eigenvalue weighted by molar-refractivity contribution is -0.118. The predicted molar refractivity (Wildman–Crippen MR) is 134 cm³/mol. The lowest BCUT2D eigenvalue weighted by atomic mass is 10.0. The average molecular weight is 452 g/mol. The van der Waals surface area contributed by atoms with Gasteiger partial charge in [-0.1, -0.05) is 13.0 Å². The van der Waals surface area contributed by atoms with Crippen molar-refractivity contribution in [2.45, 2.75) is 26.7 Å². The van der Waals surface area contributed by atoms with Gasteiger partial charge in [-0.3, -0.25) is 4.79 Å². The maximum absolute atomic E-state index is 11.9. The molecular weight excluding hydrogens is 426 g/mol. The van der Waals surface area contributed by atoms with Crippen molar-refractivity contribution in [2.75, 3.05) is 5.32 Å². The van der Waals surface area contributed by atoms with E-state index in [0.717, 1.165) is 50.2 Å². The van der Waals surface area contributed by atoms with E-state index in [4.69, 9.17) is 4.74 Å². The molecule has 0 saturated carbocycles. The van der Waals surface area contributed by atoms with Gasteiger partial charge in [0.2, 0.25) is 0 Å². The van der Waals surface area contributed by atoms with Crippen LogP contribution >= 0.6 is 0 Å². The fourth-order valence-electron chi connectivity index (χ4n) is 3.95. The van der Waals surface area contributed by atoms with Crippen LogP contribution in [0.3, 0.4) is 0 Å². The summed E-state index contributed by atoms with van der Waals surface area (Å²) in [5.41, 5.74) is 5.61. The minimum Gasteiger partial charge on any atom is -0.457 e. The van der Waals surface area contributed by atoms with Gasteiger partial charge in [0.15, 0.2) is 0 Å². The normalized spacial score (nSPS) is 11.1. The summed E-state index contributed by atoms with van der Waals surface area (Å²) in [4.78, 5) is 25.1. The lowest BCUT2D eigenvalue weighted by Gasteiger charge is -2.13. The fraction of sp³-hybridized carbons (Fsp3) is 0.185. The van der Waals surface area contributed by atoms with Crippen LogP contribution < -0.4 is 10.1 Å². The molecule has 0 unspecified atom stereocenters. The van der Waals surface area contributed by atoms with Gasteiger partial charge in [0.1, 0.15) is 29.4 Å². The number of fused-ring (bicyclic) bond motifs is 2. The predicted octanol–water partition coefficient (Wildman–Crippen LogP) is 5.88. The number of hydrogen-bond acceptors (Lipinski definition) is 6. The second-order valence-electron chi connectivity index (χ2n) is 8.36. The second-order valence-corrected chi connectivity index (χ2v) is 8.36. The van der Waals surface area contributed by atoms with E-state index in [9.17, 15) is 4.79 Å². The Labute approximate surface area is 197 Å². The first-order chi connectivity index (χ1) is 16.5. The number of nitrogens with one attached hydrogen (secondary N) is 1. The first kappa shape index (κ1) is 21.6. The number of aromatic nitrogens is 4. The summed E-state index contributed by atoms with van der Waals surface area (Å²) in [7, 11) is 1.97. The molecule has 7 heteroatoms. The molecule has 0 aliphatic heterocycles. The summed E-state index contributed by atoms with van der Waals surface area (Å²) in [5, 5.41) is 4.28. The number of carbonyl (C=O) groups excluding carboxylic acids is 1. The second kappa shape index (κ2) is 8.94. The summed E-state index contributed by atoms with van der Waals surface area (Å²) >= 11 is 0. The number of imidazole rings is 1. The topological polar surface area (TPSA) is 81.9 Å². The average Bonchev–Trinajstić information content (AvgIpc) is 3.21. The van der Waals surface area contributed by atoms with Crippen LogP contribution in [0.1, 0.15) is 24.5 Å². The third-order valence-corrected chi connectivity index (χ3v) is 5.86. The standard InChI is InChI=1S/C27H25N5O2/c1-4-20(33)12-18-5-8-23-22(13-18)27(29-15-28-23)31-19-6-10-26(17(2)11-19)34-21-7-9-25-24(14-21)30-16-32(25)3/h5-11,13-16H,4,12H2,1-3H3,(H,28,29,31). The van der Waals surface area contributed by atoms with Crippen molar-refractivity contribution in [2.24, 2.45) is 7.05 Å². The number of ether oxygens (including phenoxy) is 1. The number of benzene rings is 3. The summed E-state index contributed by atoms with van der Waals surface area (Å²) < 4.78 is 8.11. The molecular formula is C27H25N5O2. The van der Waals surface area contributed by atoms with Gasteiger partial charge in [0.25, 0.3) is 0 Å². The summed E-state index contributed by atoms with van der Waals surface area (Å²) in [6.45, 7) is 3.89. The Morgan fingerprint density at radius 1 is 1.00 bits per heavy atom. The van der Waals surface area contributed by atoms with Crippen LogP contribution in [0.15, 0.2) is 67.3 Å². The molecule has 3 aromatic carbocycles. The van der Waals surface area contributed by atoms with Gasteiger partial charge in [-0.25, -0.2) is 15.0 Å². The van der Waals surface area contributed by atoms with Crippen LogP contribution in [-0.4, -0.2) is 25.3 Å². The van der Waals surface area contributed by atoms with Crippen LogP contribution in [0, 0.1) is 6.92 Å². The number of Topliss-reactive ketones (excluding diaryl/α,β-unsaturated/α-hetero) is 1. The summed E-state index contributed by atoms with van der Waals surface area (Å²) in [5.74, 6) is 2.42.